The summed E-state index contributed by atoms with van der Waals surface area (Å²) in [5.41, 5.74) is 4.39. The Morgan fingerprint density at radius 2 is 1.59 bits per heavy atom. The van der Waals surface area contributed by atoms with Gasteiger partial charge in [0.2, 0.25) is 11.8 Å². The lowest BCUT2D eigenvalue weighted by Gasteiger charge is -2.33. The van der Waals surface area contributed by atoms with Crippen molar-refractivity contribution >= 4 is 34.2 Å². The van der Waals surface area contributed by atoms with Gasteiger partial charge >= 0.3 is 0 Å². The van der Waals surface area contributed by atoms with Crippen LogP contribution in [0.5, 0.6) is 0 Å². The summed E-state index contributed by atoms with van der Waals surface area (Å²) >= 11 is 0. The Balaban J connectivity index is 1.34. The molecule has 1 heterocycles. The van der Waals surface area contributed by atoms with Gasteiger partial charge in [0.15, 0.2) is 0 Å². The Kier molecular flexibility index (Phi) is 7.55. The van der Waals surface area contributed by atoms with Crippen LogP contribution in [0.3, 0.4) is 0 Å². The summed E-state index contributed by atoms with van der Waals surface area (Å²) in [6, 6.07) is 28.7. The number of nitrogens with one attached hydrogen (secondary N) is 1. The third kappa shape index (κ3) is 5.60. The van der Waals surface area contributed by atoms with Gasteiger partial charge in [0.05, 0.1) is 5.69 Å². The van der Waals surface area contributed by atoms with Gasteiger partial charge in [0, 0.05) is 30.0 Å². The second-order valence-electron chi connectivity index (χ2n) is 11.3. The highest BCUT2D eigenvalue weighted by molar-refractivity contribution is 6.26. The van der Waals surface area contributed by atoms with Gasteiger partial charge in [-0.3, -0.25) is 19.3 Å². The van der Waals surface area contributed by atoms with Crippen LogP contribution in [0, 0.1) is 6.92 Å². The quantitative estimate of drug-likeness (QED) is 0.289. The second kappa shape index (κ2) is 11.6. The third-order valence-electron chi connectivity index (χ3n) is 8.39. The molecular weight excluding hydrogens is 510 g/mol. The molecule has 0 saturated heterocycles. The minimum atomic E-state index is -0.720. The van der Waals surface area contributed by atoms with E-state index in [9.17, 15) is 14.4 Å². The molecule has 2 aliphatic rings. The van der Waals surface area contributed by atoms with Crippen LogP contribution in [0.4, 0.5) is 5.69 Å². The van der Waals surface area contributed by atoms with Crippen LogP contribution in [-0.2, 0) is 22.6 Å². The van der Waals surface area contributed by atoms with Crippen LogP contribution in [-0.4, -0.2) is 41.2 Å². The van der Waals surface area contributed by atoms with Crippen LogP contribution < -0.4 is 10.2 Å². The van der Waals surface area contributed by atoms with E-state index in [2.05, 4.69) is 5.32 Å². The monoisotopic (exact) mass is 545 g/mol. The first-order valence-electron chi connectivity index (χ1n) is 14.5. The molecule has 0 spiro atoms. The molecular formula is C35H35N3O3. The van der Waals surface area contributed by atoms with Crippen molar-refractivity contribution in [3.63, 3.8) is 0 Å². The van der Waals surface area contributed by atoms with Gasteiger partial charge < -0.3 is 10.2 Å². The normalized spacial score (nSPS) is 15.3. The average molecular weight is 546 g/mol. The molecule has 0 aromatic heterocycles. The Labute approximate surface area is 241 Å². The maximum Gasteiger partial charge on any atom is 0.259 e. The van der Waals surface area contributed by atoms with Crippen molar-refractivity contribution in [1.82, 2.24) is 10.2 Å². The lowest BCUT2D eigenvalue weighted by atomic mass is 10.0. The number of hydrogen-bond acceptors (Lipinski definition) is 3. The van der Waals surface area contributed by atoms with Gasteiger partial charge in [-0.15, -0.1) is 0 Å². The van der Waals surface area contributed by atoms with Crippen molar-refractivity contribution in [3.05, 3.63) is 113 Å². The second-order valence-corrected chi connectivity index (χ2v) is 11.3. The van der Waals surface area contributed by atoms with E-state index in [-0.39, 0.29) is 36.9 Å². The number of hydrogen-bond donors (Lipinski definition) is 1. The fourth-order valence-corrected chi connectivity index (χ4v) is 6.17. The van der Waals surface area contributed by atoms with Gasteiger partial charge in [-0.05, 0) is 48.4 Å². The van der Waals surface area contributed by atoms with Crippen LogP contribution in [0.2, 0.25) is 0 Å². The Bertz CT molecular complexity index is 1570. The lowest BCUT2D eigenvalue weighted by molar-refractivity contribution is -0.140. The zero-order valence-electron chi connectivity index (χ0n) is 23.4. The zero-order chi connectivity index (χ0) is 28.3. The Morgan fingerprint density at radius 1 is 0.878 bits per heavy atom. The number of nitrogens with zero attached hydrogens (tertiary/aromatic N) is 2. The predicted octanol–water partition coefficient (Wildman–Crippen LogP) is 5.81. The van der Waals surface area contributed by atoms with Crippen molar-refractivity contribution < 1.29 is 14.4 Å². The minimum absolute atomic E-state index is 0.129. The highest BCUT2D eigenvalue weighted by Gasteiger charge is 2.36. The summed E-state index contributed by atoms with van der Waals surface area (Å²) in [5.74, 6) is -0.582. The first-order valence-corrected chi connectivity index (χ1v) is 14.5. The molecule has 4 aromatic rings. The van der Waals surface area contributed by atoms with Gasteiger partial charge in [0.25, 0.3) is 5.91 Å². The van der Waals surface area contributed by atoms with Crippen LogP contribution in [0.1, 0.15) is 52.7 Å². The summed E-state index contributed by atoms with van der Waals surface area (Å²) in [5, 5.41) is 5.09. The number of benzene rings is 4. The Morgan fingerprint density at radius 3 is 2.32 bits per heavy atom. The van der Waals surface area contributed by atoms with Crippen LogP contribution in [0.25, 0.3) is 10.8 Å². The molecule has 1 aliphatic carbocycles. The van der Waals surface area contributed by atoms with E-state index in [1.807, 2.05) is 97.9 Å². The maximum atomic E-state index is 14.3. The van der Waals surface area contributed by atoms with Gasteiger partial charge in [-0.25, -0.2) is 0 Å². The largest absolute Gasteiger partial charge is 0.352 e. The number of anilines is 1. The van der Waals surface area contributed by atoms with E-state index in [0.29, 0.717) is 12.0 Å². The van der Waals surface area contributed by atoms with E-state index in [1.165, 1.54) is 0 Å². The number of carbonyl (C=O) groups is 3. The van der Waals surface area contributed by atoms with Gasteiger partial charge in [-0.2, -0.15) is 0 Å². The molecule has 1 fully saturated rings. The van der Waals surface area contributed by atoms with E-state index in [4.69, 9.17) is 0 Å². The summed E-state index contributed by atoms with van der Waals surface area (Å²) in [6.45, 7) is 2.16. The number of carbonyl (C=O) groups excluding carboxylic acids is 3. The number of amides is 3. The number of aryl methyl sites for hydroxylation is 1. The molecule has 1 N–H and O–H groups in total. The fourth-order valence-electron chi connectivity index (χ4n) is 6.17. The molecule has 208 valence electrons. The van der Waals surface area contributed by atoms with Gasteiger partial charge in [-0.1, -0.05) is 97.3 Å². The highest BCUT2D eigenvalue weighted by atomic mass is 16.2. The van der Waals surface area contributed by atoms with Crippen LogP contribution in [0.15, 0.2) is 91.0 Å². The minimum Gasteiger partial charge on any atom is -0.352 e. The molecule has 6 nitrogen and oxygen atoms in total. The van der Waals surface area contributed by atoms with Crippen LogP contribution >= 0.6 is 0 Å². The van der Waals surface area contributed by atoms with E-state index >= 15 is 0 Å². The SMILES string of the molecule is Cc1ccc(CN(C(=O)CN2C(=O)c3cccc4cccc2c34)[C@H](Cc2ccccc2)C(=O)NC2CCCC2)cc1. The smallest absolute Gasteiger partial charge is 0.259 e. The molecule has 41 heavy (non-hydrogen) atoms. The molecule has 0 bridgehead atoms. The molecule has 4 aromatic carbocycles. The first-order chi connectivity index (χ1) is 20.0. The van der Waals surface area contributed by atoms with Crippen molar-refractivity contribution in [1.29, 1.82) is 0 Å². The molecule has 3 amide bonds. The van der Waals surface area contributed by atoms with Crippen molar-refractivity contribution in [3.8, 4) is 0 Å². The molecule has 1 aliphatic heterocycles. The van der Waals surface area contributed by atoms with E-state index in [0.717, 1.165) is 58.8 Å². The molecule has 1 atom stereocenters. The predicted molar refractivity (Wildman–Crippen MR) is 162 cm³/mol. The summed E-state index contributed by atoms with van der Waals surface area (Å²) < 4.78 is 0. The third-order valence-corrected chi connectivity index (χ3v) is 8.39. The molecule has 6 heteroatoms. The van der Waals surface area contributed by atoms with Crippen molar-refractivity contribution in [2.24, 2.45) is 0 Å². The van der Waals surface area contributed by atoms with E-state index < -0.39 is 6.04 Å². The van der Waals surface area contributed by atoms with Gasteiger partial charge in [0.1, 0.15) is 12.6 Å². The molecule has 6 rings (SSSR count). The highest BCUT2D eigenvalue weighted by Crippen LogP contribution is 2.37. The number of rotatable bonds is 9. The maximum absolute atomic E-state index is 14.3. The topological polar surface area (TPSA) is 69.7 Å². The van der Waals surface area contributed by atoms with Crippen molar-refractivity contribution in [2.75, 3.05) is 11.4 Å². The molecule has 0 unspecified atom stereocenters. The average Bonchev–Trinajstić information content (AvgIpc) is 3.60. The molecule has 0 radical (unpaired) electrons. The summed E-state index contributed by atoms with van der Waals surface area (Å²) in [6.07, 6.45) is 4.51. The standard InChI is InChI=1S/C35H35N3O3/c1-24-17-19-26(20-18-24)22-37(31(21-25-9-3-2-4-10-25)34(40)36-28-13-5-6-14-28)32(39)23-38-30-16-8-12-27-11-7-15-29(33(27)30)35(38)41/h2-4,7-12,15-20,28,31H,5-6,13-14,21-23H2,1H3,(H,36,40)/t31-/m1/s1. The zero-order valence-corrected chi connectivity index (χ0v) is 23.4. The van der Waals surface area contributed by atoms with Crippen molar-refractivity contribution in [2.45, 2.75) is 57.7 Å². The Hall–Kier alpha value is -4.45. The summed E-state index contributed by atoms with van der Waals surface area (Å²) in [7, 11) is 0. The fraction of sp³-hybridized carbons (Fsp3) is 0.286. The first kappa shape index (κ1) is 26.8. The van der Waals surface area contributed by atoms with E-state index in [1.54, 1.807) is 9.80 Å². The summed E-state index contributed by atoms with van der Waals surface area (Å²) in [4.78, 5) is 45.0. The molecule has 1 saturated carbocycles. The lowest BCUT2D eigenvalue weighted by Crippen LogP contribution is -2.54.